The van der Waals surface area contributed by atoms with Crippen LogP contribution in [0.15, 0.2) is 36.5 Å². The molecular weight excluding hydrogens is 241 g/mol. The van der Waals surface area contributed by atoms with Crippen molar-refractivity contribution in [1.29, 1.82) is 0 Å². The lowest BCUT2D eigenvalue weighted by molar-refractivity contribution is 0.625. The molecule has 0 saturated carbocycles. The van der Waals surface area contributed by atoms with E-state index in [4.69, 9.17) is 0 Å². The maximum Gasteiger partial charge on any atom is 0.151 e. The minimum Gasteiger partial charge on any atom is -0.378 e. The van der Waals surface area contributed by atoms with Crippen molar-refractivity contribution in [2.24, 2.45) is 0 Å². The van der Waals surface area contributed by atoms with Crippen LogP contribution in [-0.2, 0) is 6.54 Å². The fraction of sp³-hybridized carbons (Fsp3) is 0.267. The van der Waals surface area contributed by atoms with E-state index < -0.39 is 0 Å². The Morgan fingerprint density at radius 3 is 2.79 bits per heavy atom. The Hall–Kier alpha value is -2.10. The number of rotatable bonds is 4. The molecule has 0 aliphatic carbocycles. The number of benzene rings is 1. The number of nitrogens with zero attached hydrogens (tertiary/aromatic N) is 2. The number of aromatic nitrogens is 1. The smallest absolute Gasteiger partial charge is 0.151 e. The van der Waals surface area contributed by atoms with E-state index in [-0.39, 0.29) is 5.82 Å². The second-order valence-corrected chi connectivity index (χ2v) is 4.69. The van der Waals surface area contributed by atoms with Gasteiger partial charge in [-0.05, 0) is 42.3 Å². The minimum absolute atomic E-state index is 0.207. The Morgan fingerprint density at radius 1 is 1.26 bits per heavy atom. The Balaban J connectivity index is 2.17. The minimum atomic E-state index is -0.207. The zero-order chi connectivity index (χ0) is 13.8. The van der Waals surface area contributed by atoms with Crippen molar-refractivity contribution < 1.29 is 4.39 Å². The number of hydrogen-bond donors (Lipinski definition) is 1. The van der Waals surface area contributed by atoms with Crippen LogP contribution in [0.3, 0.4) is 0 Å². The maximum absolute atomic E-state index is 13.2. The quantitative estimate of drug-likeness (QED) is 0.914. The summed E-state index contributed by atoms with van der Waals surface area (Å²) in [6, 6.07) is 8.69. The molecule has 0 saturated heterocycles. The molecule has 1 aromatic heterocycles. The fourth-order valence-corrected chi connectivity index (χ4v) is 1.91. The molecule has 1 aromatic carbocycles. The van der Waals surface area contributed by atoms with Gasteiger partial charge in [-0.3, -0.25) is 0 Å². The first-order valence-electron chi connectivity index (χ1n) is 6.19. The summed E-state index contributed by atoms with van der Waals surface area (Å²) in [5.74, 6) is 0.665. The SMILES string of the molecule is Cc1ccc(F)cc1CNc1cccnc1N(C)C. The number of hydrogen-bond acceptors (Lipinski definition) is 3. The molecule has 4 heteroatoms. The van der Waals surface area contributed by atoms with Gasteiger partial charge in [-0.1, -0.05) is 6.07 Å². The first-order chi connectivity index (χ1) is 9.08. The second-order valence-electron chi connectivity index (χ2n) is 4.69. The number of nitrogens with one attached hydrogen (secondary N) is 1. The summed E-state index contributed by atoms with van der Waals surface area (Å²) in [7, 11) is 3.89. The molecule has 0 amide bonds. The largest absolute Gasteiger partial charge is 0.378 e. The van der Waals surface area contributed by atoms with Crippen molar-refractivity contribution in [2.45, 2.75) is 13.5 Å². The summed E-state index contributed by atoms with van der Waals surface area (Å²) in [5, 5.41) is 3.31. The molecule has 0 aliphatic heterocycles. The number of aryl methyl sites for hydroxylation is 1. The molecule has 0 bridgehead atoms. The van der Waals surface area contributed by atoms with Crippen LogP contribution < -0.4 is 10.2 Å². The average Bonchev–Trinajstić information content (AvgIpc) is 2.40. The molecule has 0 aliphatic rings. The van der Waals surface area contributed by atoms with Crippen LogP contribution in [-0.4, -0.2) is 19.1 Å². The molecule has 3 nitrogen and oxygen atoms in total. The van der Waals surface area contributed by atoms with Crippen molar-refractivity contribution >= 4 is 11.5 Å². The molecule has 1 N–H and O–H groups in total. The van der Waals surface area contributed by atoms with Gasteiger partial charge < -0.3 is 10.2 Å². The number of pyridine rings is 1. The van der Waals surface area contributed by atoms with Crippen LogP contribution in [0.2, 0.25) is 0 Å². The van der Waals surface area contributed by atoms with E-state index in [1.807, 2.05) is 38.1 Å². The van der Waals surface area contributed by atoms with Crippen LogP contribution in [0.25, 0.3) is 0 Å². The van der Waals surface area contributed by atoms with Gasteiger partial charge in [0.25, 0.3) is 0 Å². The van der Waals surface area contributed by atoms with Gasteiger partial charge in [0.15, 0.2) is 5.82 Å². The van der Waals surface area contributed by atoms with E-state index in [2.05, 4.69) is 10.3 Å². The van der Waals surface area contributed by atoms with Crippen LogP contribution in [0.4, 0.5) is 15.9 Å². The molecule has 2 aromatic rings. The standard InChI is InChI=1S/C15H18FN3/c1-11-6-7-13(16)9-12(11)10-18-14-5-4-8-17-15(14)19(2)3/h4-9,18H,10H2,1-3H3. The van der Waals surface area contributed by atoms with Gasteiger partial charge in [-0.2, -0.15) is 0 Å². The predicted octanol–water partition coefficient (Wildman–Crippen LogP) is 3.21. The topological polar surface area (TPSA) is 28.2 Å². The summed E-state index contributed by atoms with van der Waals surface area (Å²) in [6.07, 6.45) is 1.76. The summed E-state index contributed by atoms with van der Waals surface area (Å²) in [6.45, 7) is 2.56. The third kappa shape index (κ3) is 3.22. The fourth-order valence-electron chi connectivity index (χ4n) is 1.91. The van der Waals surface area contributed by atoms with Crippen LogP contribution in [0.1, 0.15) is 11.1 Å². The van der Waals surface area contributed by atoms with Gasteiger partial charge in [0.05, 0.1) is 5.69 Å². The molecule has 1 heterocycles. The molecule has 0 fully saturated rings. The van der Waals surface area contributed by atoms with Gasteiger partial charge >= 0.3 is 0 Å². The highest BCUT2D eigenvalue weighted by atomic mass is 19.1. The van der Waals surface area contributed by atoms with E-state index in [9.17, 15) is 4.39 Å². The summed E-state index contributed by atoms with van der Waals surface area (Å²) >= 11 is 0. The van der Waals surface area contributed by atoms with E-state index in [0.29, 0.717) is 6.54 Å². The zero-order valence-electron chi connectivity index (χ0n) is 11.4. The Bertz CT molecular complexity index is 567. The van der Waals surface area contributed by atoms with Crippen molar-refractivity contribution in [3.05, 3.63) is 53.5 Å². The lowest BCUT2D eigenvalue weighted by Gasteiger charge is -2.17. The Morgan fingerprint density at radius 2 is 2.05 bits per heavy atom. The summed E-state index contributed by atoms with van der Waals surface area (Å²) < 4.78 is 13.2. The van der Waals surface area contributed by atoms with Crippen molar-refractivity contribution in [1.82, 2.24) is 4.98 Å². The molecule has 2 rings (SSSR count). The monoisotopic (exact) mass is 259 g/mol. The Labute approximate surface area is 113 Å². The van der Waals surface area contributed by atoms with E-state index in [0.717, 1.165) is 22.6 Å². The third-order valence-corrected chi connectivity index (χ3v) is 2.99. The normalized spacial score (nSPS) is 10.3. The van der Waals surface area contributed by atoms with Crippen molar-refractivity contribution in [3.8, 4) is 0 Å². The molecule has 0 unspecified atom stereocenters. The van der Waals surface area contributed by atoms with Crippen molar-refractivity contribution in [2.75, 3.05) is 24.3 Å². The summed E-state index contributed by atoms with van der Waals surface area (Å²) in [5.41, 5.74) is 2.97. The average molecular weight is 259 g/mol. The van der Waals surface area contributed by atoms with Crippen molar-refractivity contribution in [3.63, 3.8) is 0 Å². The number of anilines is 2. The van der Waals surface area contributed by atoms with Crippen LogP contribution >= 0.6 is 0 Å². The first kappa shape index (κ1) is 13.3. The highest BCUT2D eigenvalue weighted by molar-refractivity contribution is 5.64. The maximum atomic E-state index is 13.2. The van der Waals surface area contributed by atoms with Gasteiger partial charge in [-0.15, -0.1) is 0 Å². The van der Waals surface area contributed by atoms with E-state index >= 15 is 0 Å². The highest BCUT2D eigenvalue weighted by Crippen LogP contribution is 2.21. The van der Waals surface area contributed by atoms with Gasteiger partial charge in [0.2, 0.25) is 0 Å². The second kappa shape index (κ2) is 5.69. The molecule has 0 spiro atoms. The van der Waals surface area contributed by atoms with Gasteiger partial charge in [0, 0.05) is 26.8 Å². The van der Waals surface area contributed by atoms with Gasteiger partial charge in [0.1, 0.15) is 5.82 Å². The predicted molar refractivity (Wildman–Crippen MR) is 77.0 cm³/mol. The molecule has 0 radical (unpaired) electrons. The lowest BCUT2D eigenvalue weighted by atomic mass is 10.1. The zero-order valence-corrected chi connectivity index (χ0v) is 11.4. The Kier molecular flexibility index (Phi) is 4.00. The van der Waals surface area contributed by atoms with Crippen LogP contribution in [0, 0.1) is 12.7 Å². The van der Waals surface area contributed by atoms with Crippen LogP contribution in [0.5, 0.6) is 0 Å². The molecule has 19 heavy (non-hydrogen) atoms. The summed E-state index contributed by atoms with van der Waals surface area (Å²) in [4.78, 5) is 6.27. The lowest BCUT2D eigenvalue weighted by Crippen LogP contribution is -2.14. The molecular formula is C15H18FN3. The molecule has 0 atom stereocenters. The number of halogens is 1. The highest BCUT2D eigenvalue weighted by Gasteiger charge is 2.06. The first-order valence-corrected chi connectivity index (χ1v) is 6.19. The van der Waals surface area contributed by atoms with E-state index in [1.54, 1.807) is 18.3 Å². The third-order valence-electron chi connectivity index (χ3n) is 2.99. The molecule has 100 valence electrons. The van der Waals surface area contributed by atoms with E-state index in [1.165, 1.54) is 6.07 Å². The van der Waals surface area contributed by atoms with Gasteiger partial charge in [-0.25, -0.2) is 9.37 Å².